The van der Waals surface area contributed by atoms with E-state index in [0.29, 0.717) is 11.5 Å². The largest absolute Gasteiger partial charge is 0.478 e. The zero-order chi connectivity index (χ0) is 19.8. The van der Waals surface area contributed by atoms with Crippen molar-refractivity contribution in [2.24, 2.45) is 0 Å². The van der Waals surface area contributed by atoms with Crippen LogP contribution in [-0.4, -0.2) is 45.8 Å². The number of hydrogen-bond acceptors (Lipinski definition) is 5. The van der Waals surface area contributed by atoms with Gasteiger partial charge in [0, 0.05) is 11.5 Å². The summed E-state index contributed by atoms with van der Waals surface area (Å²) in [6.45, 7) is 5.81. The van der Waals surface area contributed by atoms with Crippen molar-refractivity contribution in [3.8, 4) is 10.6 Å². The Morgan fingerprint density at radius 1 is 1.07 bits per heavy atom. The van der Waals surface area contributed by atoms with Gasteiger partial charge in [-0.15, -0.1) is 10.2 Å². The quantitative estimate of drug-likeness (QED) is 0.537. The first-order chi connectivity index (χ1) is 13.7. The number of nitrogens with zero attached hydrogens (tertiary/aromatic N) is 3. The summed E-state index contributed by atoms with van der Waals surface area (Å²) >= 11 is 1.65. The van der Waals surface area contributed by atoms with Crippen LogP contribution in [0.3, 0.4) is 0 Å². The number of rotatable bonds is 10. The molecule has 28 heavy (non-hydrogen) atoms. The summed E-state index contributed by atoms with van der Waals surface area (Å²) in [5.41, 5.74) is 1.24. The summed E-state index contributed by atoms with van der Waals surface area (Å²) in [6, 6.07) is 6.88. The van der Waals surface area contributed by atoms with Gasteiger partial charge in [-0.1, -0.05) is 62.5 Å². The number of benzene rings is 1. The maximum absolute atomic E-state index is 11.0. The molecule has 0 spiro atoms. The van der Waals surface area contributed by atoms with E-state index < -0.39 is 5.97 Å². The molecule has 2 aromatic rings. The van der Waals surface area contributed by atoms with Gasteiger partial charge < -0.3 is 10.0 Å². The molecule has 0 radical (unpaired) electrons. The predicted octanol–water partition coefficient (Wildman–Crippen LogP) is 5.44. The van der Waals surface area contributed by atoms with Gasteiger partial charge >= 0.3 is 5.97 Å². The maximum atomic E-state index is 11.0. The summed E-state index contributed by atoms with van der Waals surface area (Å²) < 4.78 is 0. The molecule has 2 heterocycles. The Morgan fingerprint density at radius 3 is 2.43 bits per heavy atom. The van der Waals surface area contributed by atoms with Gasteiger partial charge in [0.1, 0.15) is 10.0 Å². The van der Waals surface area contributed by atoms with Crippen LogP contribution >= 0.6 is 11.3 Å². The van der Waals surface area contributed by atoms with E-state index in [0.717, 1.165) is 41.5 Å². The van der Waals surface area contributed by atoms with E-state index in [1.165, 1.54) is 45.1 Å². The average Bonchev–Trinajstić information content (AvgIpc) is 3.21. The molecule has 1 fully saturated rings. The lowest BCUT2D eigenvalue weighted by Gasteiger charge is -2.30. The second-order valence-electron chi connectivity index (χ2n) is 7.71. The third-order valence-corrected chi connectivity index (χ3v) is 6.72. The molecule has 152 valence electrons. The lowest BCUT2D eigenvalue weighted by molar-refractivity contribution is 0.0697. The molecule has 0 saturated carbocycles. The SMILES string of the molecule is CCCCCCCCN1CCC(c2nnc(-c3ccc(C(=O)O)cc3)s2)CC1. The van der Waals surface area contributed by atoms with Gasteiger partial charge in [0.2, 0.25) is 0 Å². The van der Waals surface area contributed by atoms with Crippen LogP contribution in [0.5, 0.6) is 0 Å². The Labute approximate surface area is 171 Å². The summed E-state index contributed by atoms with van der Waals surface area (Å²) in [4.78, 5) is 13.6. The molecular weight excluding hydrogens is 370 g/mol. The Balaban J connectivity index is 1.44. The summed E-state index contributed by atoms with van der Waals surface area (Å²) in [7, 11) is 0. The van der Waals surface area contributed by atoms with Crippen molar-refractivity contribution in [2.45, 2.75) is 64.2 Å². The van der Waals surface area contributed by atoms with Gasteiger partial charge in [0.25, 0.3) is 0 Å². The van der Waals surface area contributed by atoms with E-state index in [4.69, 9.17) is 5.11 Å². The van der Waals surface area contributed by atoms with Crippen LogP contribution in [0.1, 0.15) is 79.6 Å². The van der Waals surface area contributed by atoms with Gasteiger partial charge in [-0.05, 0) is 51.0 Å². The highest BCUT2D eigenvalue weighted by atomic mass is 32.1. The third kappa shape index (κ3) is 5.85. The molecule has 1 aromatic carbocycles. The number of hydrogen-bond donors (Lipinski definition) is 1. The molecule has 1 aromatic heterocycles. The van der Waals surface area contributed by atoms with E-state index in [2.05, 4.69) is 22.0 Å². The minimum Gasteiger partial charge on any atom is -0.478 e. The number of piperidine rings is 1. The molecule has 0 amide bonds. The minimum atomic E-state index is -0.905. The van der Waals surface area contributed by atoms with Crippen molar-refractivity contribution in [3.05, 3.63) is 34.8 Å². The van der Waals surface area contributed by atoms with E-state index in [-0.39, 0.29) is 0 Å². The maximum Gasteiger partial charge on any atom is 0.335 e. The zero-order valence-corrected chi connectivity index (χ0v) is 17.6. The second kappa shape index (κ2) is 10.7. The number of likely N-dealkylation sites (tertiary alicyclic amines) is 1. The molecule has 1 N–H and O–H groups in total. The van der Waals surface area contributed by atoms with Crippen LogP contribution in [-0.2, 0) is 0 Å². The van der Waals surface area contributed by atoms with Crippen molar-refractivity contribution >= 4 is 17.3 Å². The molecule has 0 atom stereocenters. The fourth-order valence-electron chi connectivity index (χ4n) is 3.79. The first kappa shape index (κ1) is 20.9. The van der Waals surface area contributed by atoms with Gasteiger partial charge in [0.05, 0.1) is 5.56 Å². The van der Waals surface area contributed by atoms with Crippen molar-refractivity contribution in [1.29, 1.82) is 0 Å². The zero-order valence-electron chi connectivity index (χ0n) is 16.8. The Hall–Kier alpha value is -1.79. The number of carboxylic acid groups (broad SMARTS) is 1. The lowest BCUT2D eigenvalue weighted by atomic mass is 9.97. The van der Waals surface area contributed by atoms with Crippen molar-refractivity contribution in [3.63, 3.8) is 0 Å². The molecule has 1 aliphatic rings. The predicted molar refractivity (Wildman–Crippen MR) is 114 cm³/mol. The van der Waals surface area contributed by atoms with Crippen LogP contribution in [0, 0.1) is 0 Å². The molecule has 3 rings (SSSR count). The molecular formula is C22H31N3O2S. The Kier molecular flexibility index (Phi) is 7.98. The molecule has 1 saturated heterocycles. The second-order valence-corrected chi connectivity index (χ2v) is 8.72. The normalized spacial score (nSPS) is 15.8. The lowest BCUT2D eigenvalue weighted by Crippen LogP contribution is -2.33. The van der Waals surface area contributed by atoms with Gasteiger partial charge in [0.15, 0.2) is 0 Å². The highest BCUT2D eigenvalue weighted by Crippen LogP contribution is 2.33. The van der Waals surface area contributed by atoms with Crippen molar-refractivity contribution in [1.82, 2.24) is 15.1 Å². The van der Waals surface area contributed by atoms with Crippen LogP contribution in [0.2, 0.25) is 0 Å². The summed E-state index contributed by atoms with van der Waals surface area (Å²) in [6.07, 6.45) is 10.4. The molecule has 0 bridgehead atoms. The van der Waals surface area contributed by atoms with Crippen LogP contribution in [0.4, 0.5) is 0 Å². The number of aromatic carboxylic acids is 1. The standard InChI is InChI=1S/C22H31N3O2S/c1-2-3-4-5-6-7-14-25-15-12-18(13-16-25)21-24-23-20(28-21)17-8-10-19(11-9-17)22(26)27/h8-11,18H,2-7,12-16H2,1H3,(H,26,27). The monoisotopic (exact) mass is 401 g/mol. The van der Waals surface area contributed by atoms with Crippen molar-refractivity contribution in [2.75, 3.05) is 19.6 Å². The Bertz CT molecular complexity index is 736. The number of unbranched alkanes of at least 4 members (excludes halogenated alkanes) is 5. The third-order valence-electron chi connectivity index (χ3n) is 5.58. The Morgan fingerprint density at radius 2 is 1.75 bits per heavy atom. The molecule has 0 aliphatic carbocycles. The van der Waals surface area contributed by atoms with Crippen LogP contribution < -0.4 is 0 Å². The smallest absolute Gasteiger partial charge is 0.335 e. The minimum absolute atomic E-state index is 0.297. The van der Waals surface area contributed by atoms with E-state index in [1.807, 2.05) is 12.1 Å². The highest BCUT2D eigenvalue weighted by molar-refractivity contribution is 7.14. The fraction of sp³-hybridized carbons (Fsp3) is 0.591. The summed E-state index contributed by atoms with van der Waals surface area (Å²) in [5.74, 6) is -0.400. The van der Waals surface area contributed by atoms with E-state index >= 15 is 0 Å². The van der Waals surface area contributed by atoms with Gasteiger partial charge in [-0.25, -0.2) is 4.79 Å². The van der Waals surface area contributed by atoms with E-state index in [1.54, 1.807) is 23.5 Å². The van der Waals surface area contributed by atoms with E-state index in [9.17, 15) is 4.79 Å². The van der Waals surface area contributed by atoms with Crippen molar-refractivity contribution < 1.29 is 9.90 Å². The molecule has 6 heteroatoms. The first-order valence-electron chi connectivity index (χ1n) is 10.6. The molecule has 5 nitrogen and oxygen atoms in total. The van der Waals surface area contributed by atoms with Crippen LogP contribution in [0.25, 0.3) is 10.6 Å². The van der Waals surface area contributed by atoms with Crippen LogP contribution in [0.15, 0.2) is 24.3 Å². The number of aromatic nitrogens is 2. The molecule has 0 unspecified atom stereocenters. The fourth-order valence-corrected chi connectivity index (χ4v) is 4.81. The summed E-state index contributed by atoms with van der Waals surface area (Å²) in [5, 5.41) is 19.8. The number of carboxylic acids is 1. The highest BCUT2D eigenvalue weighted by Gasteiger charge is 2.23. The average molecular weight is 402 g/mol. The molecule has 1 aliphatic heterocycles. The van der Waals surface area contributed by atoms with Gasteiger partial charge in [-0.2, -0.15) is 0 Å². The topological polar surface area (TPSA) is 66.3 Å². The van der Waals surface area contributed by atoms with Gasteiger partial charge in [-0.3, -0.25) is 0 Å². The first-order valence-corrected chi connectivity index (χ1v) is 11.4. The number of carbonyl (C=O) groups is 1.